The summed E-state index contributed by atoms with van der Waals surface area (Å²) in [6.07, 6.45) is 3.15. The third-order valence-corrected chi connectivity index (χ3v) is 2.20. The highest BCUT2D eigenvalue weighted by Crippen LogP contribution is 2.26. The molecule has 2 nitrogen and oxygen atoms in total. The number of rotatable bonds is 0. The van der Waals surface area contributed by atoms with Crippen molar-refractivity contribution in [3.05, 3.63) is 20.4 Å². The zero-order valence-electron chi connectivity index (χ0n) is 4.31. The van der Waals surface area contributed by atoms with Crippen LogP contribution in [0.4, 0.5) is 0 Å². The molecular formula is C5H3BrINO. The normalized spacial score (nSPS) is 9.56. The average Bonchev–Trinajstić information content (AvgIpc) is 1.83. The number of aromatic nitrogens is 1. The average molecular weight is 300 g/mol. The van der Waals surface area contributed by atoms with Gasteiger partial charge in [0.25, 0.3) is 0 Å². The Balaban J connectivity index is 3.25. The van der Waals surface area contributed by atoms with Crippen LogP contribution < -0.4 is 0 Å². The van der Waals surface area contributed by atoms with Crippen LogP contribution in [0.3, 0.4) is 0 Å². The molecule has 0 saturated carbocycles. The van der Waals surface area contributed by atoms with Crippen LogP contribution in [0.5, 0.6) is 5.75 Å². The highest BCUT2D eigenvalue weighted by molar-refractivity contribution is 14.1. The fourth-order valence-corrected chi connectivity index (χ4v) is 1.56. The molecule has 1 aromatic heterocycles. The van der Waals surface area contributed by atoms with E-state index in [9.17, 15) is 0 Å². The number of pyridine rings is 1. The molecule has 0 bridgehead atoms. The van der Waals surface area contributed by atoms with E-state index < -0.39 is 0 Å². The molecule has 9 heavy (non-hydrogen) atoms. The molecule has 1 rings (SSSR count). The monoisotopic (exact) mass is 299 g/mol. The van der Waals surface area contributed by atoms with Gasteiger partial charge in [-0.2, -0.15) is 0 Å². The van der Waals surface area contributed by atoms with Crippen LogP contribution in [-0.2, 0) is 0 Å². The SMILES string of the molecule is Oc1c(Br)cncc1I. The molecule has 4 heteroatoms. The van der Waals surface area contributed by atoms with E-state index in [0.29, 0.717) is 4.47 Å². The van der Waals surface area contributed by atoms with Gasteiger partial charge in [-0.05, 0) is 38.5 Å². The molecule has 48 valence electrons. The number of aromatic hydroxyl groups is 1. The summed E-state index contributed by atoms with van der Waals surface area (Å²) in [5, 5.41) is 9.11. The van der Waals surface area contributed by atoms with Crippen LogP contribution >= 0.6 is 38.5 Å². The lowest BCUT2D eigenvalue weighted by atomic mass is 10.5. The second kappa shape index (κ2) is 2.83. The minimum Gasteiger partial charge on any atom is -0.506 e. The minimum absolute atomic E-state index is 0.255. The van der Waals surface area contributed by atoms with E-state index in [-0.39, 0.29) is 5.75 Å². The summed E-state index contributed by atoms with van der Waals surface area (Å²) in [5.74, 6) is 0.255. The van der Waals surface area contributed by atoms with Crippen molar-refractivity contribution in [1.82, 2.24) is 4.98 Å². The molecule has 0 spiro atoms. The van der Waals surface area contributed by atoms with Gasteiger partial charge in [-0.3, -0.25) is 4.98 Å². The quantitative estimate of drug-likeness (QED) is 0.745. The Bertz CT molecular complexity index is 208. The second-order valence-corrected chi connectivity index (χ2v) is 3.47. The Morgan fingerprint density at radius 2 is 2.22 bits per heavy atom. The Morgan fingerprint density at radius 1 is 1.56 bits per heavy atom. The van der Waals surface area contributed by atoms with Gasteiger partial charge in [0.15, 0.2) is 0 Å². The third-order valence-electron chi connectivity index (χ3n) is 0.828. The fraction of sp³-hybridized carbons (Fsp3) is 0. The largest absolute Gasteiger partial charge is 0.506 e. The second-order valence-electron chi connectivity index (χ2n) is 1.45. The maximum atomic E-state index is 9.11. The number of hydrogen-bond donors (Lipinski definition) is 1. The van der Waals surface area contributed by atoms with Crippen LogP contribution in [-0.4, -0.2) is 10.1 Å². The fourth-order valence-electron chi connectivity index (χ4n) is 0.405. The van der Waals surface area contributed by atoms with Crippen molar-refractivity contribution in [2.75, 3.05) is 0 Å². The molecule has 0 radical (unpaired) electrons. The van der Waals surface area contributed by atoms with E-state index in [1.165, 1.54) is 0 Å². The van der Waals surface area contributed by atoms with Crippen molar-refractivity contribution in [2.24, 2.45) is 0 Å². The van der Waals surface area contributed by atoms with Gasteiger partial charge in [0.05, 0.1) is 8.04 Å². The summed E-state index contributed by atoms with van der Waals surface area (Å²) in [6.45, 7) is 0. The molecule has 1 N–H and O–H groups in total. The molecule has 0 aliphatic heterocycles. The van der Waals surface area contributed by atoms with E-state index in [1.807, 2.05) is 22.6 Å². The van der Waals surface area contributed by atoms with Crippen LogP contribution in [0.15, 0.2) is 16.9 Å². The van der Waals surface area contributed by atoms with E-state index in [1.54, 1.807) is 12.4 Å². The van der Waals surface area contributed by atoms with Gasteiger partial charge in [0.1, 0.15) is 5.75 Å². The molecule has 1 aromatic rings. The highest BCUT2D eigenvalue weighted by Gasteiger charge is 1.99. The first kappa shape index (κ1) is 7.27. The van der Waals surface area contributed by atoms with Crippen molar-refractivity contribution in [2.45, 2.75) is 0 Å². The standard InChI is InChI=1S/C5H3BrINO/c6-3-1-8-2-4(7)5(3)9/h1-2H,(H,8,9). The van der Waals surface area contributed by atoms with E-state index >= 15 is 0 Å². The molecule has 0 aliphatic rings. The van der Waals surface area contributed by atoms with Gasteiger partial charge in [0.2, 0.25) is 0 Å². The first-order valence-electron chi connectivity index (χ1n) is 2.20. The van der Waals surface area contributed by atoms with Crippen molar-refractivity contribution in [3.63, 3.8) is 0 Å². The van der Waals surface area contributed by atoms with Gasteiger partial charge < -0.3 is 5.11 Å². The maximum Gasteiger partial charge on any atom is 0.146 e. The molecule has 0 unspecified atom stereocenters. The molecule has 0 amide bonds. The van der Waals surface area contributed by atoms with Crippen molar-refractivity contribution in [3.8, 4) is 5.75 Å². The van der Waals surface area contributed by atoms with Crippen LogP contribution in [0.2, 0.25) is 0 Å². The lowest BCUT2D eigenvalue weighted by Gasteiger charge is -1.95. The lowest BCUT2D eigenvalue weighted by Crippen LogP contribution is -1.77. The van der Waals surface area contributed by atoms with E-state index in [4.69, 9.17) is 5.11 Å². The molecule has 0 fully saturated rings. The smallest absolute Gasteiger partial charge is 0.146 e. The van der Waals surface area contributed by atoms with Crippen LogP contribution in [0.25, 0.3) is 0 Å². The summed E-state index contributed by atoms with van der Waals surface area (Å²) >= 11 is 5.14. The predicted molar refractivity (Wildman–Crippen MR) is 46.3 cm³/mol. The van der Waals surface area contributed by atoms with Gasteiger partial charge in [-0.1, -0.05) is 0 Å². The van der Waals surface area contributed by atoms with Gasteiger partial charge in [-0.15, -0.1) is 0 Å². The maximum absolute atomic E-state index is 9.11. The number of nitrogens with zero attached hydrogens (tertiary/aromatic N) is 1. The third kappa shape index (κ3) is 1.54. The lowest BCUT2D eigenvalue weighted by molar-refractivity contribution is 0.467. The summed E-state index contributed by atoms with van der Waals surface area (Å²) < 4.78 is 1.39. The summed E-state index contributed by atoms with van der Waals surface area (Å²) in [4.78, 5) is 3.83. The Kier molecular flexibility index (Phi) is 2.29. The molecule has 0 saturated heterocycles. The summed E-state index contributed by atoms with van der Waals surface area (Å²) in [5.41, 5.74) is 0. The highest BCUT2D eigenvalue weighted by atomic mass is 127. The zero-order valence-corrected chi connectivity index (χ0v) is 8.05. The molecule has 0 aromatic carbocycles. The molecule has 1 heterocycles. The summed E-state index contributed by atoms with van der Waals surface area (Å²) in [7, 11) is 0. The predicted octanol–water partition coefficient (Wildman–Crippen LogP) is 2.15. The van der Waals surface area contributed by atoms with Crippen LogP contribution in [0, 0.1) is 3.57 Å². The van der Waals surface area contributed by atoms with Crippen LogP contribution in [0.1, 0.15) is 0 Å². The van der Waals surface area contributed by atoms with Crippen molar-refractivity contribution in [1.29, 1.82) is 0 Å². The van der Waals surface area contributed by atoms with Crippen molar-refractivity contribution >= 4 is 38.5 Å². The Morgan fingerprint density at radius 3 is 2.67 bits per heavy atom. The minimum atomic E-state index is 0.255. The zero-order chi connectivity index (χ0) is 6.85. The van der Waals surface area contributed by atoms with Gasteiger partial charge in [0, 0.05) is 12.4 Å². The molecular weight excluding hydrogens is 297 g/mol. The van der Waals surface area contributed by atoms with Gasteiger partial charge in [-0.25, -0.2) is 0 Å². The Hall–Kier alpha value is 0.160. The van der Waals surface area contributed by atoms with Gasteiger partial charge >= 0.3 is 0 Å². The number of halogens is 2. The molecule has 0 aliphatic carbocycles. The molecule has 0 atom stereocenters. The van der Waals surface area contributed by atoms with E-state index in [0.717, 1.165) is 3.57 Å². The topological polar surface area (TPSA) is 33.1 Å². The first-order chi connectivity index (χ1) is 4.22. The van der Waals surface area contributed by atoms with E-state index in [2.05, 4.69) is 20.9 Å². The number of hydrogen-bond acceptors (Lipinski definition) is 2. The summed E-state index contributed by atoms with van der Waals surface area (Å²) in [6, 6.07) is 0. The first-order valence-corrected chi connectivity index (χ1v) is 4.07. The van der Waals surface area contributed by atoms with Crippen molar-refractivity contribution < 1.29 is 5.11 Å². The Labute approximate surface area is 74.6 Å².